The van der Waals surface area contributed by atoms with Gasteiger partial charge in [0.15, 0.2) is 0 Å². The number of carbonyl (C=O) groups is 1. The van der Waals surface area contributed by atoms with Crippen LogP contribution >= 0.6 is 15.9 Å². The molecule has 0 aliphatic carbocycles. The second-order valence-electron chi connectivity index (χ2n) is 5.58. The summed E-state index contributed by atoms with van der Waals surface area (Å²) in [4.78, 5) is 11.6. The average Bonchev–Trinajstić information content (AvgIpc) is 2.61. The summed E-state index contributed by atoms with van der Waals surface area (Å²) in [6, 6.07) is 8.93. The molecule has 0 amide bonds. The summed E-state index contributed by atoms with van der Waals surface area (Å²) < 4.78 is 32.9. The minimum absolute atomic E-state index is 0.0255. The Morgan fingerprint density at radius 3 is 2.44 bits per heavy atom. The minimum atomic E-state index is -3.95. The van der Waals surface area contributed by atoms with Gasteiger partial charge in [0, 0.05) is 11.5 Å². The van der Waals surface area contributed by atoms with E-state index in [0.717, 1.165) is 4.31 Å². The number of nitrogens with zero attached hydrogens (tertiary/aromatic N) is 1. The first-order valence-corrected chi connectivity index (χ1v) is 10.1. The lowest BCUT2D eigenvalue weighted by Crippen LogP contribution is -2.29. The number of ether oxygens (including phenoxy) is 1. The van der Waals surface area contributed by atoms with Crippen LogP contribution in [0.5, 0.6) is 5.75 Å². The van der Waals surface area contributed by atoms with Crippen molar-refractivity contribution in [3.8, 4) is 17.6 Å². The number of benzene rings is 2. The molecule has 0 radical (unpaired) electrons. The van der Waals surface area contributed by atoms with Gasteiger partial charge < -0.3 is 9.84 Å². The van der Waals surface area contributed by atoms with Gasteiger partial charge in [-0.25, -0.2) is 13.2 Å². The Hall–Kier alpha value is -2.50. The third kappa shape index (κ3) is 4.62. The van der Waals surface area contributed by atoms with Crippen molar-refractivity contribution in [2.45, 2.75) is 18.7 Å². The summed E-state index contributed by atoms with van der Waals surface area (Å²) in [5, 5.41) is 9.47. The van der Waals surface area contributed by atoms with E-state index >= 15 is 0 Å². The van der Waals surface area contributed by atoms with Crippen molar-refractivity contribution in [3.63, 3.8) is 0 Å². The number of rotatable bonds is 6. The largest absolute Gasteiger partial charge is 0.481 e. The number of sulfonamides is 1. The Morgan fingerprint density at radius 1 is 1.26 bits per heavy atom. The lowest BCUT2D eigenvalue weighted by Gasteiger charge is -2.23. The van der Waals surface area contributed by atoms with Gasteiger partial charge in [-0.3, -0.25) is 4.31 Å². The minimum Gasteiger partial charge on any atom is -0.481 e. The monoisotopic (exact) mass is 451 g/mol. The number of anilines is 1. The fourth-order valence-corrected chi connectivity index (χ4v) is 4.35. The van der Waals surface area contributed by atoms with E-state index in [9.17, 15) is 18.3 Å². The molecular weight excluding hydrogens is 434 g/mol. The van der Waals surface area contributed by atoms with E-state index in [2.05, 4.69) is 27.8 Å². The molecule has 0 aliphatic rings. The van der Waals surface area contributed by atoms with Crippen LogP contribution in [-0.2, 0) is 10.0 Å². The number of halogens is 1. The molecule has 0 saturated carbocycles. The number of carboxylic acid groups (broad SMARTS) is 1. The maximum Gasteiger partial charge on any atom is 0.337 e. The van der Waals surface area contributed by atoms with Gasteiger partial charge in [0.1, 0.15) is 12.4 Å². The second kappa shape index (κ2) is 8.46. The van der Waals surface area contributed by atoms with Crippen molar-refractivity contribution >= 4 is 37.6 Å². The van der Waals surface area contributed by atoms with Crippen LogP contribution in [0.2, 0.25) is 0 Å². The van der Waals surface area contributed by atoms with Crippen molar-refractivity contribution < 1.29 is 23.1 Å². The summed E-state index contributed by atoms with van der Waals surface area (Å²) in [5.74, 6) is 4.73. The normalized spacial score (nSPS) is 10.7. The van der Waals surface area contributed by atoms with Crippen molar-refractivity contribution in [2.24, 2.45) is 0 Å². The van der Waals surface area contributed by atoms with Gasteiger partial charge in [-0.15, -0.1) is 5.92 Å². The molecule has 1 N–H and O–H groups in total. The molecule has 27 heavy (non-hydrogen) atoms. The van der Waals surface area contributed by atoms with Gasteiger partial charge in [0.25, 0.3) is 10.0 Å². The molecule has 0 fully saturated rings. The fraction of sp³-hybridized carbons (Fsp3) is 0.211. The zero-order valence-electron chi connectivity index (χ0n) is 15.0. The van der Waals surface area contributed by atoms with Crippen LogP contribution < -0.4 is 9.04 Å². The van der Waals surface area contributed by atoms with Crippen LogP contribution in [0.15, 0.2) is 45.8 Å². The molecular formula is C19H18BrNO5S. The summed E-state index contributed by atoms with van der Waals surface area (Å²) >= 11 is 3.24. The highest BCUT2D eigenvalue weighted by Crippen LogP contribution is 2.32. The zero-order chi connectivity index (χ0) is 20.2. The molecule has 0 spiro atoms. The molecule has 0 saturated heterocycles. The molecule has 0 unspecified atom stereocenters. The maximum atomic E-state index is 13.0. The zero-order valence-corrected chi connectivity index (χ0v) is 17.4. The third-order valence-corrected chi connectivity index (χ3v) is 6.01. The van der Waals surface area contributed by atoms with E-state index in [1.807, 2.05) is 0 Å². The molecule has 6 nitrogen and oxygen atoms in total. The first kappa shape index (κ1) is 20.8. The molecule has 8 heteroatoms. The lowest BCUT2D eigenvalue weighted by molar-refractivity contribution is 0.0697. The van der Waals surface area contributed by atoms with Gasteiger partial charge in [-0.1, -0.05) is 21.9 Å². The average molecular weight is 452 g/mol. The predicted octanol–water partition coefficient (Wildman–Crippen LogP) is 3.68. The standard InChI is InChI=1S/C19H18BrNO5S/c1-4-5-10-26-15-6-8-16(9-7-15)27(24,25)21(3)18-13(2)11-14(20)12-17(18)19(22)23/h6-9,11-12H,10H2,1-3H3,(H,22,23). The number of aromatic carboxylic acids is 1. The number of hydrogen-bond donors (Lipinski definition) is 1. The van der Waals surface area contributed by atoms with Gasteiger partial charge in [-0.2, -0.15) is 0 Å². The van der Waals surface area contributed by atoms with E-state index in [1.165, 1.54) is 37.4 Å². The first-order valence-electron chi connectivity index (χ1n) is 7.83. The maximum absolute atomic E-state index is 13.0. The molecule has 2 rings (SSSR count). The molecule has 142 valence electrons. The van der Waals surface area contributed by atoms with E-state index < -0.39 is 16.0 Å². The predicted molar refractivity (Wildman–Crippen MR) is 107 cm³/mol. The van der Waals surface area contributed by atoms with Crippen molar-refractivity contribution in [3.05, 3.63) is 52.0 Å². The summed E-state index contributed by atoms with van der Waals surface area (Å²) in [7, 11) is -2.62. The molecule has 0 heterocycles. The Bertz CT molecular complexity index is 1020. The van der Waals surface area contributed by atoms with Crippen LogP contribution in [0.25, 0.3) is 0 Å². The number of aryl methyl sites for hydroxylation is 1. The van der Waals surface area contributed by atoms with Gasteiger partial charge >= 0.3 is 5.97 Å². The second-order valence-corrected chi connectivity index (χ2v) is 8.47. The van der Waals surface area contributed by atoms with Crippen LogP contribution in [0.1, 0.15) is 22.8 Å². The molecule has 0 bridgehead atoms. The highest BCUT2D eigenvalue weighted by atomic mass is 79.9. The van der Waals surface area contributed by atoms with Crippen molar-refractivity contribution in [1.82, 2.24) is 0 Å². The smallest absolute Gasteiger partial charge is 0.337 e. The molecule has 0 aromatic heterocycles. The molecule has 0 aliphatic heterocycles. The van der Waals surface area contributed by atoms with E-state index in [0.29, 0.717) is 15.8 Å². The highest BCUT2D eigenvalue weighted by molar-refractivity contribution is 9.10. The molecule has 2 aromatic carbocycles. The quantitative estimate of drug-likeness (QED) is 0.677. The van der Waals surface area contributed by atoms with Gasteiger partial charge in [0.2, 0.25) is 0 Å². The topological polar surface area (TPSA) is 83.9 Å². The SMILES string of the molecule is CC#CCOc1ccc(S(=O)(=O)N(C)c2c(C)cc(Br)cc2C(=O)O)cc1. The van der Waals surface area contributed by atoms with Gasteiger partial charge in [-0.05, 0) is 55.8 Å². The summed E-state index contributed by atoms with van der Waals surface area (Å²) in [5.41, 5.74) is 0.529. The number of carboxylic acids is 1. The van der Waals surface area contributed by atoms with Crippen molar-refractivity contribution in [2.75, 3.05) is 18.0 Å². The van der Waals surface area contributed by atoms with E-state index in [-0.39, 0.29) is 22.8 Å². The third-order valence-electron chi connectivity index (χ3n) is 3.78. The molecule has 0 atom stereocenters. The number of hydrogen-bond acceptors (Lipinski definition) is 4. The Morgan fingerprint density at radius 2 is 1.89 bits per heavy atom. The van der Waals surface area contributed by atoms with E-state index in [1.54, 1.807) is 19.9 Å². The fourth-order valence-electron chi connectivity index (χ4n) is 2.49. The molecule has 2 aromatic rings. The Labute approximate surface area is 166 Å². The lowest BCUT2D eigenvalue weighted by atomic mass is 10.1. The van der Waals surface area contributed by atoms with E-state index in [4.69, 9.17) is 4.74 Å². The Kier molecular flexibility index (Phi) is 6.52. The first-order chi connectivity index (χ1) is 12.7. The van der Waals surface area contributed by atoms with Crippen LogP contribution in [0.4, 0.5) is 5.69 Å². The summed E-state index contributed by atoms with van der Waals surface area (Å²) in [6.07, 6.45) is 0. The van der Waals surface area contributed by atoms with Crippen molar-refractivity contribution in [1.29, 1.82) is 0 Å². The van der Waals surface area contributed by atoms with Crippen LogP contribution in [0.3, 0.4) is 0 Å². The van der Waals surface area contributed by atoms with Gasteiger partial charge in [0.05, 0.1) is 16.1 Å². The van der Waals surface area contributed by atoms with Crippen LogP contribution in [0, 0.1) is 18.8 Å². The van der Waals surface area contributed by atoms with Crippen LogP contribution in [-0.4, -0.2) is 33.1 Å². The highest BCUT2D eigenvalue weighted by Gasteiger charge is 2.27. The summed E-state index contributed by atoms with van der Waals surface area (Å²) in [6.45, 7) is 3.57. The Balaban J connectivity index is 2.42.